The van der Waals surface area contributed by atoms with Crippen molar-refractivity contribution in [2.75, 3.05) is 5.73 Å². The summed E-state index contributed by atoms with van der Waals surface area (Å²) in [6.07, 6.45) is 2.84. The summed E-state index contributed by atoms with van der Waals surface area (Å²) in [5, 5.41) is 0. The fourth-order valence-corrected chi connectivity index (χ4v) is 3.28. The molecule has 0 aliphatic rings. The van der Waals surface area contributed by atoms with Crippen LogP contribution in [0.5, 0.6) is 0 Å². The zero-order valence-electron chi connectivity index (χ0n) is 10.4. The third kappa shape index (κ3) is 2.37. The molecule has 0 spiro atoms. The summed E-state index contributed by atoms with van der Waals surface area (Å²) in [6.45, 7) is 2.89. The van der Waals surface area contributed by atoms with E-state index in [0.717, 1.165) is 28.6 Å². The van der Waals surface area contributed by atoms with Crippen LogP contribution in [0.3, 0.4) is 0 Å². The Balaban J connectivity index is 2.02. The van der Waals surface area contributed by atoms with Gasteiger partial charge in [-0.1, -0.05) is 6.92 Å². The molecule has 98 valence electrons. The highest BCUT2D eigenvalue weighted by molar-refractivity contribution is 9.10. The molecule has 0 unspecified atom stereocenters. The second-order valence-electron chi connectivity index (χ2n) is 4.27. The van der Waals surface area contributed by atoms with E-state index in [-0.39, 0.29) is 0 Å². The van der Waals surface area contributed by atoms with Crippen LogP contribution in [-0.4, -0.2) is 14.5 Å². The third-order valence-electron chi connectivity index (χ3n) is 2.96. The Morgan fingerprint density at radius 2 is 2.16 bits per heavy atom. The normalized spacial score (nSPS) is 11.3. The summed E-state index contributed by atoms with van der Waals surface area (Å²) in [4.78, 5) is 11.4. The van der Waals surface area contributed by atoms with Gasteiger partial charge in [-0.2, -0.15) is 0 Å². The van der Waals surface area contributed by atoms with Crippen LogP contribution in [0.1, 0.15) is 16.7 Å². The number of anilines is 1. The molecule has 6 heteroatoms. The number of thiophene rings is 1. The van der Waals surface area contributed by atoms with Crippen molar-refractivity contribution in [1.29, 1.82) is 0 Å². The predicted octanol–water partition coefficient (Wildman–Crippen LogP) is 3.45. The van der Waals surface area contributed by atoms with E-state index in [1.54, 1.807) is 6.20 Å². The van der Waals surface area contributed by atoms with Gasteiger partial charge >= 0.3 is 0 Å². The second-order valence-corrected chi connectivity index (χ2v) is 6.44. The van der Waals surface area contributed by atoms with Gasteiger partial charge in [0.05, 0.1) is 6.54 Å². The summed E-state index contributed by atoms with van der Waals surface area (Å²) >= 11 is 5.21. The van der Waals surface area contributed by atoms with Crippen LogP contribution in [-0.2, 0) is 13.0 Å². The lowest BCUT2D eigenvalue weighted by atomic mass is 10.3. The predicted molar refractivity (Wildman–Crippen MR) is 82.4 cm³/mol. The number of nitrogens with zero attached hydrogens (tertiary/aromatic N) is 3. The molecule has 0 aromatic carbocycles. The van der Waals surface area contributed by atoms with E-state index in [4.69, 9.17) is 5.73 Å². The number of fused-ring (bicyclic) bond motifs is 1. The first kappa shape index (κ1) is 12.6. The van der Waals surface area contributed by atoms with Crippen molar-refractivity contribution in [1.82, 2.24) is 14.5 Å². The maximum Gasteiger partial charge on any atom is 0.202 e. The molecule has 0 fully saturated rings. The summed E-state index contributed by atoms with van der Waals surface area (Å²) in [5.41, 5.74) is 7.64. The Morgan fingerprint density at radius 3 is 2.89 bits per heavy atom. The lowest BCUT2D eigenvalue weighted by Gasteiger charge is -2.03. The maximum atomic E-state index is 5.99. The molecule has 0 saturated carbocycles. The van der Waals surface area contributed by atoms with E-state index in [1.165, 1.54) is 9.75 Å². The fourth-order valence-electron chi connectivity index (χ4n) is 2.01. The quantitative estimate of drug-likeness (QED) is 0.796. The Hall–Kier alpha value is -1.40. The molecular weight excluding hydrogens is 324 g/mol. The van der Waals surface area contributed by atoms with Crippen molar-refractivity contribution in [3.8, 4) is 0 Å². The average Bonchev–Trinajstić information content (AvgIpc) is 2.95. The molecule has 0 atom stereocenters. The summed E-state index contributed by atoms with van der Waals surface area (Å²) in [5.74, 6) is 0.507. The Kier molecular flexibility index (Phi) is 3.28. The van der Waals surface area contributed by atoms with Crippen molar-refractivity contribution < 1.29 is 0 Å². The zero-order valence-corrected chi connectivity index (χ0v) is 12.8. The molecule has 0 bridgehead atoms. The highest BCUT2D eigenvalue weighted by atomic mass is 79.9. The van der Waals surface area contributed by atoms with Crippen molar-refractivity contribution in [3.05, 3.63) is 38.6 Å². The Bertz CT molecular complexity index is 731. The fraction of sp³-hybridized carbons (Fsp3) is 0.231. The maximum absolute atomic E-state index is 5.99. The number of imidazole rings is 1. The van der Waals surface area contributed by atoms with Gasteiger partial charge in [-0.15, -0.1) is 11.3 Å². The van der Waals surface area contributed by atoms with Gasteiger partial charge in [-0.05, 0) is 40.5 Å². The number of pyridine rings is 1. The van der Waals surface area contributed by atoms with Crippen LogP contribution in [0.4, 0.5) is 5.95 Å². The van der Waals surface area contributed by atoms with Crippen LogP contribution >= 0.6 is 27.3 Å². The number of aromatic nitrogens is 3. The number of halogens is 1. The lowest BCUT2D eigenvalue weighted by Crippen LogP contribution is -2.04. The molecule has 0 aliphatic carbocycles. The van der Waals surface area contributed by atoms with Crippen molar-refractivity contribution in [2.45, 2.75) is 19.9 Å². The number of hydrogen-bond acceptors (Lipinski definition) is 4. The second kappa shape index (κ2) is 4.94. The van der Waals surface area contributed by atoms with Gasteiger partial charge in [0.2, 0.25) is 5.95 Å². The average molecular weight is 337 g/mol. The van der Waals surface area contributed by atoms with E-state index < -0.39 is 0 Å². The molecule has 0 amide bonds. The topological polar surface area (TPSA) is 56.7 Å². The molecular formula is C13H13BrN4S. The van der Waals surface area contributed by atoms with Gasteiger partial charge in [0.15, 0.2) is 5.65 Å². The Morgan fingerprint density at radius 1 is 1.37 bits per heavy atom. The van der Waals surface area contributed by atoms with Crippen molar-refractivity contribution in [3.63, 3.8) is 0 Å². The van der Waals surface area contributed by atoms with Gasteiger partial charge in [-0.25, -0.2) is 9.97 Å². The monoisotopic (exact) mass is 336 g/mol. The van der Waals surface area contributed by atoms with Crippen molar-refractivity contribution in [2.24, 2.45) is 0 Å². The van der Waals surface area contributed by atoms with Gasteiger partial charge in [0.25, 0.3) is 0 Å². The standard InChI is InChI=1S/C13H13BrN4S/c1-2-9-3-4-10(19-9)7-18-12-11(17-13(18)15)5-8(14)6-16-12/h3-6H,2,7H2,1H3,(H2,15,17). The molecule has 19 heavy (non-hydrogen) atoms. The molecule has 4 nitrogen and oxygen atoms in total. The largest absolute Gasteiger partial charge is 0.369 e. The minimum atomic E-state index is 0.507. The third-order valence-corrected chi connectivity index (χ3v) is 4.61. The molecule has 0 aliphatic heterocycles. The van der Waals surface area contributed by atoms with Crippen LogP contribution < -0.4 is 5.73 Å². The van der Waals surface area contributed by atoms with Gasteiger partial charge in [-0.3, -0.25) is 4.57 Å². The minimum absolute atomic E-state index is 0.507. The highest BCUT2D eigenvalue weighted by Crippen LogP contribution is 2.23. The highest BCUT2D eigenvalue weighted by Gasteiger charge is 2.11. The first-order valence-electron chi connectivity index (χ1n) is 6.02. The molecule has 3 rings (SSSR count). The summed E-state index contributed by atoms with van der Waals surface area (Å²) in [6, 6.07) is 6.24. The van der Waals surface area contributed by atoms with E-state index >= 15 is 0 Å². The number of hydrogen-bond donors (Lipinski definition) is 1. The first-order valence-corrected chi connectivity index (χ1v) is 7.63. The van der Waals surface area contributed by atoms with E-state index in [2.05, 4.69) is 45.0 Å². The molecule has 3 aromatic rings. The Labute approximate surface area is 123 Å². The molecule has 3 heterocycles. The number of nitrogen functional groups attached to an aromatic ring is 1. The zero-order chi connectivity index (χ0) is 13.4. The first-order chi connectivity index (χ1) is 9.17. The van der Waals surface area contributed by atoms with Crippen LogP contribution in [0.2, 0.25) is 0 Å². The number of aryl methyl sites for hydroxylation is 1. The summed E-state index contributed by atoms with van der Waals surface area (Å²) in [7, 11) is 0. The van der Waals surface area contributed by atoms with Gasteiger partial charge in [0.1, 0.15) is 5.52 Å². The number of rotatable bonds is 3. The van der Waals surface area contributed by atoms with E-state index in [9.17, 15) is 0 Å². The van der Waals surface area contributed by atoms with Gasteiger partial charge < -0.3 is 5.73 Å². The van der Waals surface area contributed by atoms with E-state index in [1.807, 2.05) is 22.0 Å². The molecule has 0 saturated heterocycles. The van der Waals surface area contributed by atoms with E-state index in [0.29, 0.717) is 5.95 Å². The number of nitrogens with two attached hydrogens (primary N) is 1. The SMILES string of the molecule is CCc1ccc(Cn2c(N)nc3cc(Br)cnc32)s1. The van der Waals surface area contributed by atoms with Crippen LogP contribution in [0, 0.1) is 0 Å². The molecule has 2 N–H and O–H groups in total. The van der Waals surface area contributed by atoms with Crippen LogP contribution in [0.15, 0.2) is 28.9 Å². The lowest BCUT2D eigenvalue weighted by molar-refractivity contribution is 0.841. The molecule has 3 aromatic heterocycles. The summed E-state index contributed by atoms with van der Waals surface area (Å²) < 4.78 is 2.86. The van der Waals surface area contributed by atoms with Gasteiger partial charge in [0, 0.05) is 20.4 Å². The minimum Gasteiger partial charge on any atom is -0.369 e. The van der Waals surface area contributed by atoms with Crippen molar-refractivity contribution >= 4 is 44.4 Å². The smallest absolute Gasteiger partial charge is 0.202 e. The van der Waals surface area contributed by atoms with Crippen LogP contribution in [0.25, 0.3) is 11.2 Å². The molecule has 0 radical (unpaired) electrons.